The molecule has 3 N–H and O–H groups in total. The summed E-state index contributed by atoms with van der Waals surface area (Å²) in [4.78, 5) is 3.45. The van der Waals surface area contributed by atoms with Crippen LogP contribution < -0.4 is 10.5 Å². The fourth-order valence-corrected chi connectivity index (χ4v) is 2.44. The molecule has 0 amide bonds. The lowest BCUT2D eigenvalue weighted by atomic mass is 10.1. The second kappa shape index (κ2) is 4.78. The molecular formula is C16H16N2O. The smallest absolute Gasteiger partial charge is 0.119 e. The number of rotatable bonds is 3. The molecule has 1 heterocycles. The van der Waals surface area contributed by atoms with Gasteiger partial charge in [0, 0.05) is 23.0 Å². The molecule has 0 saturated heterocycles. The molecular weight excluding hydrogens is 236 g/mol. The third-order valence-electron chi connectivity index (χ3n) is 3.38. The summed E-state index contributed by atoms with van der Waals surface area (Å²) < 4.78 is 5.28. The largest absolute Gasteiger partial charge is 0.497 e. The van der Waals surface area contributed by atoms with Gasteiger partial charge in [-0.15, -0.1) is 0 Å². The molecule has 3 rings (SSSR count). The molecule has 0 bridgehead atoms. The number of H-pyrrole nitrogens is 1. The Morgan fingerprint density at radius 3 is 2.74 bits per heavy atom. The van der Waals surface area contributed by atoms with E-state index in [0.717, 1.165) is 28.1 Å². The molecule has 3 aromatic rings. The molecule has 0 aliphatic carbocycles. The molecule has 0 aliphatic heterocycles. The van der Waals surface area contributed by atoms with E-state index in [-0.39, 0.29) is 0 Å². The van der Waals surface area contributed by atoms with Gasteiger partial charge in [0.05, 0.1) is 12.8 Å². The third kappa shape index (κ3) is 1.98. The van der Waals surface area contributed by atoms with Crippen LogP contribution >= 0.6 is 0 Å². The Morgan fingerprint density at radius 1 is 1.11 bits per heavy atom. The Balaban J connectivity index is 2.23. The number of fused-ring (bicyclic) bond motifs is 1. The quantitative estimate of drug-likeness (QED) is 0.751. The van der Waals surface area contributed by atoms with E-state index in [1.807, 2.05) is 30.3 Å². The average molecular weight is 252 g/mol. The molecule has 0 fully saturated rings. The van der Waals surface area contributed by atoms with Crippen molar-refractivity contribution in [2.45, 2.75) is 6.54 Å². The fourth-order valence-electron chi connectivity index (χ4n) is 2.44. The first-order valence-corrected chi connectivity index (χ1v) is 6.27. The highest BCUT2D eigenvalue weighted by Crippen LogP contribution is 2.31. The fraction of sp³-hybridized carbons (Fsp3) is 0.125. The van der Waals surface area contributed by atoms with E-state index in [0.29, 0.717) is 6.54 Å². The molecule has 0 unspecified atom stereocenters. The predicted octanol–water partition coefficient (Wildman–Crippen LogP) is 3.30. The molecule has 0 aliphatic rings. The first kappa shape index (κ1) is 11.8. The highest BCUT2D eigenvalue weighted by molar-refractivity contribution is 5.90. The maximum Gasteiger partial charge on any atom is 0.119 e. The standard InChI is InChI=1S/C16H16N2O/c1-19-12-6-4-5-11(9-12)16-14(10-17)13-7-2-3-8-15(13)18-16/h2-9,18H,10,17H2,1H3. The minimum Gasteiger partial charge on any atom is -0.497 e. The van der Waals surface area contributed by atoms with Gasteiger partial charge in [0.2, 0.25) is 0 Å². The number of ether oxygens (including phenoxy) is 1. The zero-order valence-corrected chi connectivity index (χ0v) is 10.8. The van der Waals surface area contributed by atoms with Crippen LogP contribution in [0.1, 0.15) is 5.56 Å². The Labute approximate surface area is 112 Å². The molecule has 0 spiro atoms. The van der Waals surface area contributed by atoms with E-state index in [4.69, 9.17) is 10.5 Å². The Hall–Kier alpha value is -2.26. The number of hydrogen-bond donors (Lipinski definition) is 2. The van der Waals surface area contributed by atoms with Crippen molar-refractivity contribution in [1.82, 2.24) is 4.98 Å². The summed E-state index contributed by atoms with van der Waals surface area (Å²) in [7, 11) is 1.67. The van der Waals surface area contributed by atoms with E-state index in [2.05, 4.69) is 23.2 Å². The second-order valence-corrected chi connectivity index (χ2v) is 4.46. The number of benzene rings is 2. The maximum atomic E-state index is 5.92. The van der Waals surface area contributed by atoms with Crippen LogP contribution in [0.4, 0.5) is 0 Å². The van der Waals surface area contributed by atoms with Gasteiger partial charge in [-0.05, 0) is 23.8 Å². The van der Waals surface area contributed by atoms with E-state index in [1.165, 1.54) is 5.39 Å². The minimum absolute atomic E-state index is 0.510. The summed E-state index contributed by atoms with van der Waals surface area (Å²) in [6, 6.07) is 16.2. The number of methoxy groups -OCH3 is 1. The second-order valence-electron chi connectivity index (χ2n) is 4.46. The van der Waals surface area contributed by atoms with Crippen LogP contribution in [0.2, 0.25) is 0 Å². The molecule has 19 heavy (non-hydrogen) atoms. The van der Waals surface area contributed by atoms with Crippen molar-refractivity contribution in [2.75, 3.05) is 7.11 Å². The summed E-state index contributed by atoms with van der Waals surface area (Å²) in [6.45, 7) is 0.510. The van der Waals surface area contributed by atoms with Gasteiger partial charge in [0.25, 0.3) is 0 Å². The van der Waals surface area contributed by atoms with E-state index in [1.54, 1.807) is 7.11 Å². The Morgan fingerprint density at radius 2 is 1.95 bits per heavy atom. The van der Waals surface area contributed by atoms with Crippen LogP contribution in [0.25, 0.3) is 22.2 Å². The molecule has 3 nitrogen and oxygen atoms in total. The van der Waals surface area contributed by atoms with Crippen molar-refractivity contribution >= 4 is 10.9 Å². The highest BCUT2D eigenvalue weighted by Gasteiger charge is 2.11. The van der Waals surface area contributed by atoms with Crippen molar-refractivity contribution in [3.8, 4) is 17.0 Å². The van der Waals surface area contributed by atoms with Crippen molar-refractivity contribution in [3.63, 3.8) is 0 Å². The van der Waals surface area contributed by atoms with Gasteiger partial charge in [0.15, 0.2) is 0 Å². The van der Waals surface area contributed by atoms with Crippen LogP contribution in [0.15, 0.2) is 48.5 Å². The Kier molecular flexibility index (Phi) is 2.97. The molecule has 1 aromatic heterocycles. The number of nitrogens with one attached hydrogen (secondary N) is 1. The van der Waals surface area contributed by atoms with Crippen molar-refractivity contribution in [2.24, 2.45) is 5.73 Å². The monoisotopic (exact) mass is 252 g/mol. The molecule has 0 saturated carbocycles. The number of hydrogen-bond acceptors (Lipinski definition) is 2. The highest BCUT2D eigenvalue weighted by atomic mass is 16.5. The van der Waals surface area contributed by atoms with Crippen molar-refractivity contribution in [1.29, 1.82) is 0 Å². The van der Waals surface area contributed by atoms with Gasteiger partial charge in [-0.25, -0.2) is 0 Å². The van der Waals surface area contributed by atoms with E-state index < -0.39 is 0 Å². The van der Waals surface area contributed by atoms with Crippen LogP contribution in [0, 0.1) is 0 Å². The third-order valence-corrected chi connectivity index (χ3v) is 3.38. The van der Waals surface area contributed by atoms with Crippen LogP contribution in [-0.2, 0) is 6.54 Å². The zero-order chi connectivity index (χ0) is 13.2. The summed E-state index contributed by atoms with van der Waals surface area (Å²) in [5, 5.41) is 1.18. The summed E-state index contributed by atoms with van der Waals surface area (Å²) >= 11 is 0. The molecule has 96 valence electrons. The normalized spacial score (nSPS) is 10.8. The van der Waals surface area contributed by atoms with Gasteiger partial charge < -0.3 is 15.5 Å². The van der Waals surface area contributed by atoms with Gasteiger partial charge >= 0.3 is 0 Å². The SMILES string of the molecule is COc1cccc(-c2[nH]c3ccccc3c2CN)c1. The minimum atomic E-state index is 0.510. The number of para-hydroxylation sites is 1. The molecule has 0 atom stereocenters. The van der Waals surface area contributed by atoms with E-state index in [9.17, 15) is 0 Å². The van der Waals surface area contributed by atoms with Gasteiger partial charge in [0.1, 0.15) is 5.75 Å². The molecule has 0 radical (unpaired) electrons. The lowest BCUT2D eigenvalue weighted by Gasteiger charge is -2.05. The zero-order valence-electron chi connectivity index (χ0n) is 10.8. The number of aromatic amines is 1. The van der Waals surface area contributed by atoms with Crippen molar-refractivity contribution < 1.29 is 4.74 Å². The lowest BCUT2D eigenvalue weighted by molar-refractivity contribution is 0.415. The van der Waals surface area contributed by atoms with Gasteiger partial charge in [-0.2, -0.15) is 0 Å². The number of nitrogens with two attached hydrogens (primary N) is 1. The summed E-state index contributed by atoms with van der Waals surface area (Å²) in [5.74, 6) is 0.846. The van der Waals surface area contributed by atoms with Crippen LogP contribution in [0.3, 0.4) is 0 Å². The number of aromatic nitrogens is 1. The van der Waals surface area contributed by atoms with Crippen LogP contribution in [0.5, 0.6) is 5.75 Å². The lowest BCUT2D eigenvalue weighted by Crippen LogP contribution is -1.97. The maximum absolute atomic E-state index is 5.92. The topological polar surface area (TPSA) is 51.0 Å². The average Bonchev–Trinajstić information content (AvgIpc) is 2.86. The molecule has 3 heteroatoms. The first-order chi connectivity index (χ1) is 9.33. The molecule has 2 aromatic carbocycles. The van der Waals surface area contributed by atoms with E-state index >= 15 is 0 Å². The first-order valence-electron chi connectivity index (χ1n) is 6.27. The van der Waals surface area contributed by atoms with Crippen molar-refractivity contribution in [3.05, 3.63) is 54.1 Å². The van der Waals surface area contributed by atoms with Gasteiger partial charge in [-0.3, -0.25) is 0 Å². The Bertz CT molecular complexity index is 716. The summed E-state index contributed by atoms with van der Waals surface area (Å²) in [6.07, 6.45) is 0. The van der Waals surface area contributed by atoms with Gasteiger partial charge in [-0.1, -0.05) is 30.3 Å². The summed E-state index contributed by atoms with van der Waals surface area (Å²) in [5.41, 5.74) is 10.3. The van der Waals surface area contributed by atoms with Crippen LogP contribution in [-0.4, -0.2) is 12.1 Å². The predicted molar refractivity (Wildman–Crippen MR) is 78.2 cm³/mol.